The van der Waals surface area contributed by atoms with E-state index in [1.165, 1.54) is 41.3 Å². The number of sulfonamides is 1. The van der Waals surface area contributed by atoms with Crippen LogP contribution in [0, 0.1) is 12.7 Å². The van der Waals surface area contributed by atoms with Crippen molar-refractivity contribution in [3.8, 4) is 0 Å². The first kappa shape index (κ1) is 31.4. The largest absolute Gasteiger partial charge is 0.354 e. The van der Waals surface area contributed by atoms with Crippen molar-refractivity contribution in [2.45, 2.75) is 51.1 Å². The highest BCUT2D eigenvalue weighted by Crippen LogP contribution is 2.28. The van der Waals surface area contributed by atoms with E-state index in [0.717, 1.165) is 28.8 Å². The number of amides is 2. The minimum absolute atomic E-state index is 0.104. The summed E-state index contributed by atoms with van der Waals surface area (Å²) in [6.07, 6.45) is 1.62. The molecule has 0 spiro atoms. The number of hydrogen-bond donors (Lipinski definition) is 1. The smallest absolute Gasteiger partial charge is 0.264 e. The average molecular weight is 609 g/mol. The normalized spacial score (nSPS) is 12.1. The molecule has 0 radical (unpaired) electrons. The Labute approximate surface area is 244 Å². The highest BCUT2D eigenvalue weighted by Gasteiger charge is 2.33. The number of nitrogens with zero attached hydrogens (tertiary/aromatic N) is 2. The predicted octanol–water partition coefficient (Wildman–Crippen LogP) is 5.97. The molecule has 0 saturated carbocycles. The number of nitrogens with one attached hydrogen (secondary N) is 1. The number of hydrogen-bond acceptors (Lipinski definition) is 4. The van der Waals surface area contributed by atoms with E-state index < -0.39 is 40.2 Å². The minimum Gasteiger partial charge on any atom is -0.354 e. The van der Waals surface area contributed by atoms with Crippen LogP contribution in [-0.2, 0) is 26.2 Å². The van der Waals surface area contributed by atoms with Crippen molar-refractivity contribution in [1.29, 1.82) is 0 Å². The zero-order valence-corrected chi connectivity index (χ0v) is 24.9. The molecular formula is C29H32Cl2FN3O4S. The molecule has 0 aliphatic heterocycles. The summed E-state index contributed by atoms with van der Waals surface area (Å²) in [5, 5.41) is 3.48. The van der Waals surface area contributed by atoms with Gasteiger partial charge in [-0.15, -0.1) is 0 Å². The number of carbonyl (C=O) groups is 2. The molecule has 0 fully saturated rings. The van der Waals surface area contributed by atoms with E-state index in [4.69, 9.17) is 23.2 Å². The van der Waals surface area contributed by atoms with Crippen molar-refractivity contribution >= 4 is 50.7 Å². The van der Waals surface area contributed by atoms with Crippen LogP contribution in [0.1, 0.15) is 37.8 Å². The molecule has 0 unspecified atom stereocenters. The van der Waals surface area contributed by atoms with Crippen molar-refractivity contribution in [1.82, 2.24) is 10.2 Å². The van der Waals surface area contributed by atoms with Gasteiger partial charge in [0.25, 0.3) is 10.0 Å². The van der Waals surface area contributed by atoms with Gasteiger partial charge < -0.3 is 10.2 Å². The highest BCUT2D eigenvalue weighted by atomic mass is 35.5. The van der Waals surface area contributed by atoms with Crippen LogP contribution in [0.3, 0.4) is 0 Å². The molecule has 11 heteroatoms. The molecule has 2 amide bonds. The second kappa shape index (κ2) is 14.0. The van der Waals surface area contributed by atoms with Crippen molar-refractivity contribution in [2.24, 2.45) is 0 Å². The lowest BCUT2D eigenvalue weighted by Crippen LogP contribution is -2.51. The van der Waals surface area contributed by atoms with Crippen LogP contribution in [-0.4, -0.2) is 44.3 Å². The van der Waals surface area contributed by atoms with Gasteiger partial charge in [0.1, 0.15) is 18.4 Å². The Kier molecular flexibility index (Phi) is 11.0. The molecular weight excluding hydrogens is 576 g/mol. The summed E-state index contributed by atoms with van der Waals surface area (Å²) in [5.74, 6) is -1.95. The number of benzene rings is 3. The zero-order valence-electron chi connectivity index (χ0n) is 22.5. The second-order valence-electron chi connectivity index (χ2n) is 9.35. The van der Waals surface area contributed by atoms with E-state index in [-0.39, 0.29) is 22.2 Å². The fourth-order valence-electron chi connectivity index (χ4n) is 3.96. The third-order valence-electron chi connectivity index (χ3n) is 6.36. The molecule has 3 rings (SSSR count). The number of rotatable bonds is 12. The fraction of sp³-hybridized carbons (Fsp3) is 0.310. The van der Waals surface area contributed by atoms with E-state index in [0.29, 0.717) is 17.1 Å². The molecule has 0 heterocycles. The van der Waals surface area contributed by atoms with Gasteiger partial charge in [0.2, 0.25) is 11.8 Å². The fourth-order valence-corrected chi connectivity index (χ4v) is 5.85. The molecule has 0 aliphatic rings. The molecule has 7 nitrogen and oxygen atoms in total. The Balaban J connectivity index is 2.03. The summed E-state index contributed by atoms with van der Waals surface area (Å²) in [6.45, 7) is 4.90. The molecule has 0 aliphatic carbocycles. The lowest BCUT2D eigenvalue weighted by atomic mass is 10.1. The molecule has 1 N–H and O–H groups in total. The summed E-state index contributed by atoms with van der Waals surface area (Å²) in [5.41, 5.74) is 1.05. The van der Waals surface area contributed by atoms with Crippen molar-refractivity contribution in [3.05, 3.63) is 93.7 Å². The molecule has 0 aromatic heterocycles. The standard InChI is InChI=1S/C29H32Cl2FN3O4S/c1-4-5-16-33-29(37)21(3)34(18-22-12-13-23(30)17-25(22)31)28(36)19-35(27-9-7-6-8-26(27)32)40(38,39)24-14-10-20(2)11-15-24/h6-15,17,21H,4-5,16,18-19H2,1-3H3,(H,33,37)/t21-/m0/s1. The van der Waals surface area contributed by atoms with Gasteiger partial charge in [0, 0.05) is 23.1 Å². The third kappa shape index (κ3) is 7.74. The third-order valence-corrected chi connectivity index (χ3v) is 8.72. The SMILES string of the molecule is CCCCNC(=O)[C@H](C)N(Cc1ccc(Cl)cc1Cl)C(=O)CN(c1ccccc1F)S(=O)(=O)c1ccc(C)cc1. The lowest BCUT2D eigenvalue weighted by molar-refractivity contribution is -0.139. The maximum absolute atomic E-state index is 15.0. The van der Waals surface area contributed by atoms with Gasteiger partial charge in [0.05, 0.1) is 10.6 Å². The summed E-state index contributed by atoms with van der Waals surface area (Å²) in [7, 11) is -4.37. The average Bonchev–Trinajstić information content (AvgIpc) is 2.91. The number of aryl methyl sites for hydroxylation is 1. The topological polar surface area (TPSA) is 86.8 Å². The zero-order chi connectivity index (χ0) is 29.4. The lowest BCUT2D eigenvalue weighted by Gasteiger charge is -2.32. The Bertz CT molecular complexity index is 1450. The van der Waals surface area contributed by atoms with Crippen LogP contribution in [0.15, 0.2) is 71.6 Å². The molecule has 3 aromatic carbocycles. The van der Waals surface area contributed by atoms with Crippen molar-refractivity contribution < 1.29 is 22.4 Å². The van der Waals surface area contributed by atoms with Crippen LogP contribution in [0.25, 0.3) is 0 Å². The predicted molar refractivity (Wildman–Crippen MR) is 157 cm³/mol. The maximum Gasteiger partial charge on any atom is 0.264 e. The van der Waals surface area contributed by atoms with Crippen LogP contribution in [0.2, 0.25) is 10.0 Å². The summed E-state index contributed by atoms with van der Waals surface area (Å²) in [6, 6.07) is 15.1. The van der Waals surface area contributed by atoms with Crippen molar-refractivity contribution in [3.63, 3.8) is 0 Å². The molecule has 3 aromatic rings. The van der Waals surface area contributed by atoms with Gasteiger partial charge in [-0.3, -0.25) is 13.9 Å². The van der Waals surface area contributed by atoms with Gasteiger partial charge in [-0.2, -0.15) is 0 Å². The van der Waals surface area contributed by atoms with Crippen LogP contribution < -0.4 is 9.62 Å². The monoisotopic (exact) mass is 607 g/mol. The van der Waals surface area contributed by atoms with E-state index in [2.05, 4.69) is 5.32 Å². The quantitative estimate of drug-likeness (QED) is 0.257. The first-order valence-electron chi connectivity index (χ1n) is 12.8. The molecule has 40 heavy (non-hydrogen) atoms. The summed E-state index contributed by atoms with van der Waals surface area (Å²) >= 11 is 12.4. The van der Waals surface area contributed by atoms with Gasteiger partial charge in [-0.25, -0.2) is 12.8 Å². The Morgan fingerprint density at radius 3 is 2.33 bits per heavy atom. The van der Waals surface area contributed by atoms with E-state index in [1.807, 2.05) is 6.92 Å². The van der Waals surface area contributed by atoms with Crippen LogP contribution >= 0.6 is 23.2 Å². The number of carbonyl (C=O) groups excluding carboxylic acids is 2. The van der Waals surface area contributed by atoms with Gasteiger partial charge in [0.15, 0.2) is 0 Å². The summed E-state index contributed by atoms with van der Waals surface area (Å²) < 4.78 is 43.2. The number of halogens is 3. The minimum atomic E-state index is -4.37. The number of para-hydroxylation sites is 1. The Hall–Kier alpha value is -3.14. The molecule has 0 bridgehead atoms. The van der Waals surface area contributed by atoms with E-state index in [9.17, 15) is 22.4 Å². The first-order valence-corrected chi connectivity index (χ1v) is 15.0. The van der Waals surface area contributed by atoms with Crippen molar-refractivity contribution in [2.75, 3.05) is 17.4 Å². The molecule has 0 saturated heterocycles. The molecule has 1 atom stereocenters. The van der Waals surface area contributed by atoms with Gasteiger partial charge >= 0.3 is 0 Å². The first-order chi connectivity index (χ1) is 18.9. The molecule has 214 valence electrons. The van der Waals surface area contributed by atoms with E-state index >= 15 is 0 Å². The second-order valence-corrected chi connectivity index (χ2v) is 12.1. The van der Waals surface area contributed by atoms with Gasteiger partial charge in [-0.1, -0.05) is 72.4 Å². The number of unbranched alkanes of at least 4 members (excludes halogenated alkanes) is 1. The summed E-state index contributed by atoms with van der Waals surface area (Å²) in [4.78, 5) is 28.0. The Morgan fingerprint density at radius 1 is 1.02 bits per heavy atom. The maximum atomic E-state index is 15.0. The van der Waals surface area contributed by atoms with Crippen LogP contribution in [0.4, 0.5) is 10.1 Å². The van der Waals surface area contributed by atoms with Crippen LogP contribution in [0.5, 0.6) is 0 Å². The Morgan fingerprint density at radius 2 is 1.70 bits per heavy atom. The number of anilines is 1. The van der Waals surface area contributed by atoms with E-state index in [1.54, 1.807) is 38.1 Å². The highest BCUT2D eigenvalue weighted by molar-refractivity contribution is 7.92. The van der Waals surface area contributed by atoms with Gasteiger partial charge in [-0.05, 0) is 62.2 Å².